The monoisotopic (exact) mass is 244 g/mol. The van der Waals surface area contributed by atoms with Crippen molar-refractivity contribution in [1.82, 2.24) is 14.6 Å². The van der Waals surface area contributed by atoms with Crippen LogP contribution in [0.25, 0.3) is 16.2 Å². The second-order valence-corrected chi connectivity index (χ2v) is 4.58. The molecule has 0 saturated carbocycles. The van der Waals surface area contributed by atoms with Gasteiger partial charge < -0.3 is 5.73 Å². The number of aromatic nitrogens is 3. The smallest absolute Gasteiger partial charge is 0.212 e. The van der Waals surface area contributed by atoms with E-state index < -0.39 is 0 Å². The Balaban J connectivity index is 2.11. The Kier molecular flexibility index (Phi) is 2.62. The van der Waals surface area contributed by atoms with Crippen LogP contribution in [0.3, 0.4) is 0 Å². The lowest BCUT2D eigenvalue weighted by Gasteiger charge is -1.97. The van der Waals surface area contributed by atoms with E-state index >= 15 is 0 Å². The molecule has 0 saturated heterocycles. The Bertz CT molecular complexity index is 626. The fourth-order valence-electron chi connectivity index (χ4n) is 1.76. The van der Waals surface area contributed by atoms with E-state index in [1.54, 1.807) is 11.3 Å². The molecule has 0 fully saturated rings. The summed E-state index contributed by atoms with van der Waals surface area (Å²) in [6, 6.07) is 10.2. The number of rotatable bonds is 3. The Hall–Kier alpha value is -1.72. The largest absolute Gasteiger partial charge is 0.330 e. The predicted octanol–water partition coefficient (Wildman–Crippen LogP) is 1.96. The second kappa shape index (κ2) is 4.27. The number of hydrogen-bond acceptors (Lipinski definition) is 4. The molecule has 4 nitrogen and oxygen atoms in total. The van der Waals surface area contributed by atoms with Crippen LogP contribution in [0.2, 0.25) is 0 Å². The minimum Gasteiger partial charge on any atom is -0.330 e. The zero-order chi connectivity index (χ0) is 11.7. The van der Waals surface area contributed by atoms with Crippen molar-refractivity contribution in [2.24, 2.45) is 5.73 Å². The molecule has 1 aromatic carbocycles. The van der Waals surface area contributed by atoms with E-state index in [-0.39, 0.29) is 0 Å². The molecule has 0 bridgehead atoms. The quantitative estimate of drug-likeness (QED) is 0.766. The van der Waals surface area contributed by atoms with E-state index in [0.29, 0.717) is 6.54 Å². The van der Waals surface area contributed by atoms with Crippen LogP contribution in [-0.4, -0.2) is 21.1 Å². The maximum atomic E-state index is 5.51. The molecule has 86 valence electrons. The molecule has 3 rings (SSSR count). The summed E-state index contributed by atoms with van der Waals surface area (Å²) < 4.78 is 1.89. The molecular formula is C12H12N4S. The van der Waals surface area contributed by atoms with Crippen molar-refractivity contribution in [3.05, 3.63) is 41.5 Å². The molecule has 0 atom stereocenters. The molecular weight excluding hydrogens is 232 g/mol. The first-order valence-electron chi connectivity index (χ1n) is 5.47. The van der Waals surface area contributed by atoms with Crippen molar-refractivity contribution in [2.45, 2.75) is 6.42 Å². The third-order valence-electron chi connectivity index (χ3n) is 2.56. The minimum absolute atomic E-state index is 0.582. The van der Waals surface area contributed by atoms with E-state index in [2.05, 4.69) is 27.6 Å². The molecule has 2 N–H and O–H groups in total. The van der Waals surface area contributed by atoms with Crippen molar-refractivity contribution in [3.8, 4) is 11.3 Å². The number of fused-ring (bicyclic) bond motifs is 1. The number of nitrogens with zero attached hydrogens (tertiary/aromatic N) is 3. The second-order valence-electron chi connectivity index (χ2n) is 3.75. The molecule has 2 aromatic heterocycles. The van der Waals surface area contributed by atoms with Crippen LogP contribution in [0.4, 0.5) is 0 Å². The minimum atomic E-state index is 0.582. The molecule has 0 aliphatic heterocycles. The average Bonchev–Trinajstić information content (AvgIpc) is 2.90. The molecule has 0 radical (unpaired) electrons. The first-order valence-corrected chi connectivity index (χ1v) is 6.35. The molecule has 0 unspecified atom stereocenters. The fraction of sp³-hybridized carbons (Fsp3) is 0.167. The van der Waals surface area contributed by atoms with Crippen LogP contribution in [0.15, 0.2) is 35.7 Å². The topological polar surface area (TPSA) is 56.2 Å². The SMILES string of the molecule is NCCc1nc2scc(-c3ccccc3)n2n1. The number of thiazole rings is 1. The molecule has 0 amide bonds. The highest BCUT2D eigenvalue weighted by Gasteiger charge is 2.10. The summed E-state index contributed by atoms with van der Waals surface area (Å²) in [6.07, 6.45) is 0.725. The number of benzene rings is 1. The van der Waals surface area contributed by atoms with Crippen LogP contribution in [0, 0.1) is 0 Å². The van der Waals surface area contributed by atoms with Crippen LogP contribution in [-0.2, 0) is 6.42 Å². The van der Waals surface area contributed by atoms with E-state index in [4.69, 9.17) is 5.73 Å². The van der Waals surface area contributed by atoms with Gasteiger partial charge in [0, 0.05) is 17.4 Å². The molecule has 5 heteroatoms. The zero-order valence-corrected chi connectivity index (χ0v) is 10.0. The van der Waals surface area contributed by atoms with Gasteiger partial charge in [-0.05, 0) is 6.54 Å². The maximum absolute atomic E-state index is 5.51. The van der Waals surface area contributed by atoms with Crippen molar-refractivity contribution in [3.63, 3.8) is 0 Å². The van der Waals surface area contributed by atoms with Gasteiger partial charge in [0.2, 0.25) is 4.96 Å². The van der Waals surface area contributed by atoms with Crippen LogP contribution in [0.1, 0.15) is 5.82 Å². The summed E-state index contributed by atoms with van der Waals surface area (Å²) in [7, 11) is 0. The predicted molar refractivity (Wildman–Crippen MR) is 69.1 cm³/mol. The summed E-state index contributed by atoms with van der Waals surface area (Å²) in [5, 5.41) is 6.56. The summed E-state index contributed by atoms with van der Waals surface area (Å²) in [4.78, 5) is 5.36. The van der Waals surface area contributed by atoms with Crippen molar-refractivity contribution in [2.75, 3.05) is 6.54 Å². The fourth-order valence-corrected chi connectivity index (χ4v) is 2.61. The van der Waals surface area contributed by atoms with E-state index in [1.165, 1.54) is 0 Å². The zero-order valence-electron chi connectivity index (χ0n) is 9.21. The molecule has 3 aromatic rings. The first kappa shape index (κ1) is 10.4. The highest BCUT2D eigenvalue weighted by molar-refractivity contribution is 7.15. The lowest BCUT2D eigenvalue weighted by Crippen LogP contribution is -2.04. The Labute approximate surface area is 103 Å². The van der Waals surface area contributed by atoms with Gasteiger partial charge in [-0.25, -0.2) is 9.50 Å². The highest BCUT2D eigenvalue weighted by atomic mass is 32.1. The molecule has 2 heterocycles. The number of nitrogens with two attached hydrogens (primary N) is 1. The van der Waals surface area contributed by atoms with Gasteiger partial charge in [-0.15, -0.1) is 16.4 Å². The van der Waals surface area contributed by atoms with Gasteiger partial charge >= 0.3 is 0 Å². The van der Waals surface area contributed by atoms with Gasteiger partial charge in [-0.1, -0.05) is 30.3 Å². The van der Waals surface area contributed by atoms with Crippen molar-refractivity contribution < 1.29 is 0 Å². The van der Waals surface area contributed by atoms with Gasteiger partial charge in [0.15, 0.2) is 5.82 Å². The molecule has 0 spiro atoms. The van der Waals surface area contributed by atoms with Crippen LogP contribution in [0.5, 0.6) is 0 Å². The number of hydrogen-bond donors (Lipinski definition) is 1. The first-order chi connectivity index (χ1) is 8.38. The van der Waals surface area contributed by atoms with Gasteiger partial charge in [-0.3, -0.25) is 0 Å². The standard InChI is InChI=1S/C12H12N4S/c13-7-6-11-14-12-16(15-11)10(8-17-12)9-4-2-1-3-5-9/h1-5,8H,6-7,13H2. The third-order valence-corrected chi connectivity index (χ3v) is 3.38. The Morgan fingerprint density at radius 1 is 1.24 bits per heavy atom. The summed E-state index contributed by atoms with van der Waals surface area (Å²) >= 11 is 1.60. The molecule has 17 heavy (non-hydrogen) atoms. The van der Waals surface area contributed by atoms with E-state index in [9.17, 15) is 0 Å². The summed E-state index contributed by atoms with van der Waals surface area (Å²) in [5.41, 5.74) is 7.75. The van der Waals surface area contributed by atoms with Crippen LogP contribution >= 0.6 is 11.3 Å². The lowest BCUT2D eigenvalue weighted by atomic mass is 10.2. The van der Waals surface area contributed by atoms with Gasteiger partial charge in [0.05, 0.1) is 5.69 Å². The van der Waals surface area contributed by atoms with Crippen molar-refractivity contribution in [1.29, 1.82) is 0 Å². The van der Waals surface area contributed by atoms with Gasteiger partial charge in [-0.2, -0.15) is 0 Å². The maximum Gasteiger partial charge on any atom is 0.212 e. The normalized spacial score (nSPS) is 11.1. The molecule has 0 aliphatic rings. The van der Waals surface area contributed by atoms with Crippen LogP contribution < -0.4 is 5.73 Å². The third kappa shape index (κ3) is 1.83. The summed E-state index contributed by atoms with van der Waals surface area (Å²) in [6.45, 7) is 0.582. The summed E-state index contributed by atoms with van der Waals surface area (Å²) in [5.74, 6) is 0.816. The van der Waals surface area contributed by atoms with E-state index in [1.807, 2.05) is 22.7 Å². The Morgan fingerprint density at radius 2 is 2.06 bits per heavy atom. The Morgan fingerprint density at radius 3 is 2.82 bits per heavy atom. The highest BCUT2D eigenvalue weighted by Crippen LogP contribution is 2.24. The van der Waals surface area contributed by atoms with Gasteiger partial charge in [0.25, 0.3) is 0 Å². The average molecular weight is 244 g/mol. The van der Waals surface area contributed by atoms with E-state index in [0.717, 1.165) is 28.5 Å². The van der Waals surface area contributed by atoms with Gasteiger partial charge in [0.1, 0.15) is 0 Å². The molecule has 0 aliphatic carbocycles. The van der Waals surface area contributed by atoms with Crippen molar-refractivity contribution >= 4 is 16.3 Å². The lowest BCUT2D eigenvalue weighted by molar-refractivity contribution is 0.848.